The Morgan fingerprint density at radius 1 is 1.14 bits per heavy atom. The molecule has 0 unspecified atom stereocenters. The van der Waals surface area contributed by atoms with Crippen LogP contribution in [-0.2, 0) is 12.7 Å². The highest BCUT2D eigenvalue weighted by Gasteiger charge is 2.39. The molecular weight excluding hydrogens is 575 g/mol. The largest absolute Gasteiger partial charge is 0.435 e. The molecule has 3 aromatic heterocycles. The van der Waals surface area contributed by atoms with Crippen LogP contribution in [-0.4, -0.2) is 68.0 Å². The van der Waals surface area contributed by atoms with Crippen LogP contribution in [0.5, 0.6) is 0 Å². The van der Waals surface area contributed by atoms with E-state index in [-0.39, 0.29) is 52.0 Å². The Morgan fingerprint density at radius 3 is 2.57 bits per heavy atom. The molecular formula is C27H27ClF3N9O2. The molecule has 1 fully saturated rings. The highest BCUT2D eigenvalue weighted by Crippen LogP contribution is 2.40. The number of benzene rings is 1. The third-order valence-corrected chi connectivity index (χ3v) is 7.34. The number of nitrogens with zero attached hydrogens (tertiary/aromatic N) is 4. The molecule has 4 aromatic rings. The lowest BCUT2D eigenvalue weighted by Crippen LogP contribution is -2.44. The molecule has 5 rings (SSSR count). The second-order valence-corrected chi connectivity index (χ2v) is 10.2. The molecule has 1 aliphatic heterocycles. The van der Waals surface area contributed by atoms with Gasteiger partial charge in [-0.05, 0) is 55.8 Å². The number of H-pyrrole nitrogens is 2. The number of carbonyl (C=O) groups is 2. The van der Waals surface area contributed by atoms with E-state index < -0.39 is 17.8 Å². The van der Waals surface area contributed by atoms with E-state index in [0.29, 0.717) is 16.8 Å². The lowest BCUT2D eigenvalue weighted by Gasteiger charge is -2.32. The van der Waals surface area contributed by atoms with Crippen LogP contribution in [0, 0.1) is 0 Å². The van der Waals surface area contributed by atoms with Gasteiger partial charge in [-0.15, -0.1) is 0 Å². The number of halogens is 4. The van der Waals surface area contributed by atoms with E-state index in [9.17, 15) is 22.8 Å². The Hall–Kier alpha value is -4.43. The fourth-order valence-corrected chi connectivity index (χ4v) is 5.05. The normalized spacial score (nSPS) is 14.1. The van der Waals surface area contributed by atoms with Gasteiger partial charge >= 0.3 is 6.18 Å². The van der Waals surface area contributed by atoms with Crippen molar-refractivity contribution in [2.45, 2.75) is 31.6 Å². The number of alkyl halides is 3. The van der Waals surface area contributed by atoms with Crippen molar-refractivity contribution in [3.63, 3.8) is 0 Å². The highest BCUT2D eigenvalue weighted by molar-refractivity contribution is 6.33. The highest BCUT2D eigenvalue weighted by atomic mass is 35.5. The number of rotatable bonds is 7. The van der Waals surface area contributed by atoms with Gasteiger partial charge in [0.25, 0.3) is 11.8 Å². The molecule has 0 aliphatic carbocycles. The average molecular weight is 602 g/mol. The SMILES string of the molecule is CN(C(=O)c1ccc(CNC(=O)c2ncc(-c3c(C(F)(F)F)n[nH]c3-c3ccc(N)cn3)[nH]2)cc1Cl)C1CCNCC1. The number of imidazole rings is 1. The summed E-state index contributed by atoms with van der Waals surface area (Å²) in [5.41, 5.74) is 5.49. The van der Waals surface area contributed by atoms with Gasteiger partial charge < -0.3 is 26.3 Å². The van der Waals surface area contributed by atoms with E-state index in [1.54, 1.807) is 30.1 Å². The molecule has 0 radical (unpaired) electrons. The monoisotopic (exact) mass is 601 g/mol. The minimum absolute atomic E-state index is 0.0204. The van der Waals surface area contributed by atoms with Gasteiger partial charge in [0.1, 0.15) is 0 Å². The summed E-state index contributed by atoms with van der Waals surface area (Å²) in [6, 6.07) is 7.95. The molecule has 6 N–H and O–H groups in total. The first-order chi connectivity index (χ1) is 20.0. The zero-order valence-corrected chi connectivity index (χ0v) is 23.1. The van der Waals surface area contributed by atoms with Crippen molar-refractivity contribution in [1.29, 1.82) is 0 Å². The van der Waals surface area contributed by atoms with Gasteiger partial charge in [-0.3, -0.25) is 19.7 Å². The number of hydrogen-bond donors (Lipinski definition) is 5. The first-order valence-electron chi connectivity index (χ1n) is 13.0. The standard InChI is InChI=1S/C27H27ClF3N9O2/c1-40(16-6-8-33-9-7-16)26(42)17-4-2-14(10-18(17)28)11-36-25(41)24-35-13-20(37-24)21-22(19-5-3-15(32)12-34-19)38-39-23(21)27(29,30)31/h2-5,10,12-13,16,33H,6-9,11,32H2,1H3,(H,35,37)(H,36,41)(H,38,39). The van der Waals surface area contributed by atoms with Gasteiger partial charge in [-0.25, -0.2) is 4.98 Å². The van der Waals surface area contributed by atoms with Crippen molar-refractivity contribution >= 4 is 29.1 Å². The Morgan fingerprint density at radius 2 is 1.90 bits per heavy atom. The van der Waals surface area contributed by atoms with Crippen LogP contribution in [0.4, 0.5) is 18.9 Å². The van der Waals surface area contributed by atoms with Gasteiger partial charge in [-0.1, -0.05) is 17.7 Å². The number of anilines is 1. The Bertz CT molecular complexity index is 1600. The number of amides is 2. The second-order valence-electron chi connectivity index (χ2n) is 9.84. The Kier molecular flexibility index (Phi) is 8.18. The van der Waals surface area contributed by atoms with Crippen molar-refractivity contribution in [1.82, 2.24) is 40.7 Å². The van der Waals surface area contributed by atoms with Crippen LogP contribution < -0.4 is 16.4 Å². The first kappa shape index (κ1) is 29.1. The van der Waals surface area contributed by atoms with Gasteiger partial charge in [-0.2, -0.15) is 18.3 Å². The topological polar surface area (TPSA) is 158 Å². The minimum Gasteiger partial charge on any atom is -0.397 e. The van der Waals surface area contributed by atoms with E-state index in [4.69, 9.17) is 17.3 Å². The number of aromatic amines is 2. The first-order valence-corrected chi connectivity index (χ1v) is 13.4. The number of nitrogen functional groups attached to an aromatic ring is 1. The van der Waals surface area contributed by atoms with E-state index in [2.05, 4.69) is 35.8 Å². The molecule has 11 nitrogen and oxygen atoms in total. The molecule has 42 heavy (non-hydrogen) atoms. The van der Waals surface area contributed by atoms with Crippen LogP contribution in [0.15, 0.2) is 42.7 Å². The number of pyridine rings is 1. The van der Waals surface area contributed by atoms with Crippen LogP contribution in [0.1, 0.15) is 45.1 Å². The summed E-state index contributed by atoms with van der Waals surface area (Å²) in [5.74, 6) is -1.05. The van der Waals surface area contributed by atoms with Crippen molar-refractivity contribution in [3.05, 3.63) is 70.4 Å². The van der Waals surface area contributed by atoms with Gasteiger partial charge in [0.05, 0.1) is 51.3 Å². The third kappa shape index (κ3) is 6.09. The molecule has 1 saturated heterocycles. The Labute approximate surface area is 243 Å². The molecule has 0 atom stereocenters. The summed E-state index contributed by atoms with van der Waals surface area (Å²) >= 11 is 6.42. The van der Waals surface area contributed by atoms with Crippen molar-refractivity contribution in [2.24, 2.45) is 0 Å². The van der Waals surface area contributed by atoms with Crippen LogP contribution in [0.25, 0.3) is 22.6 Å². The number of piperidine rings is 1. The molecule has 1 aromatic carbocycles. The summed E-state index contributed by atoms with van der Waals surface area (Å²) < 4.78 is 41.3. The predicted molar refractivity (Wildman–Crippen MR) is 149 cm³/mol. The maximum absolute atomic E-state index is 13.8. The number of carbonyl (C=O) groups excluding carboxylic acids is 2. The average Bonchev–Trinajstić information content (AvgIpc) is 3.64. The fraction of sp³-hybridized carbons (Fsp3) is 0.296. The number of nitrogens with one attached hydrogen (secondary N) is 4. The van der Waals surface area contributed by atoms with E-state index in [0.717, 1.165) is 32.1 Å². The quantitative estimate of drug-likeness (QED) is 0.215. The van der Waals surface area contributed by atoms with E-state index in [1.807, 2.05) is 0 Å². The summed E-state index contributed by atoms with van der Waals surface area (Å²) in [6.07, 6.45) is -0.653. The molecule has 1 aliphatic rings. The lowest BCUT2D eigenvalue weighted by molar-refractivity contribution is -0.140. The Balaban J connectivity index is 1.30. The maximum Gasteiger partial charge on any atom is 0.435 e. The van der Waals surface area contributed by atoms with Crippen molar-refractivity contribution in [2.75, 3.05) is 25.9 Å². The zero-order valence-electron chi connectivity index (χ0n) is 22.3. The maximum atomic E-state index is 13.8. The summed E-state index contributed by atoms with van der Waals surface area (Å²) in [5, 5.41) is 12.0. The van der Waals surface area contributed by atoms with Crippen LogP contribution in [0.2, 0.25) is 5.02 Å². The minimum atomic E-state index is -4.79. The summed E-state index contributed by atoms with van der Waals surface area (Å²) in [6.45, 7) is 1.73. The second kappa shape index (κ2) is 11.8. The van der Waals surface area contributed by atoms with Crippen molar-refractivity contribution < 1.29 is 22.8 Å². The molecule has 15 heteroatoms. The number of hydrogen-bond acceptors (Lipinski definition) is 7. The van der Waals surface area contributed by atoms with E-state index in [1.165, 1.54) is 18.3 Å². The predicted octanol–water partition coefficient (Wildman–Crippen LogP) is 3.87. The zero-order chi connectivity index (χ0) is 30.0. The third-order valence-electron chi connectivity index (χ3n) is 7.03. The van der Waals surface area contributed by atoms with Crippen molar-refractivity contribution in [3.8, 4) is 22.6 Å². The molecule has 2 amide bonds. The number of aromatic nitrogens is 5. The van der Waals surface area contributed by atoms with Gasteiger partial charge in [0.2, 0.25) is 0 Å². The smallest absolute Gasteiger partial charge is 0.397 e. The summed E-state index contributed by atoms with van der Waals surface area (Å²) in [7, 11) is 1.76. The van der Waals surface area contributed by atoms with Crippen LogP contribution >= 0.6 is 11.6 Å². The van der Waals surface area contributed by atoms with E-state index >= 15 is 0 Å². The summed E-state index contributed by atoms with van der Waals surface area (Å²) in [4.78, 5) is 38.2. The molecule has 220 valence electrons. The van der Waals surface area contributed by atoms with Gasteiger partial charge in [0, 0.05) is 19.6 Å². The van der Waals surface area contributed by atoms with Crippen LogP contribution in [0.3, 0.4) is 0 Å². The molecule has 0 bridgehead atoms. The number of nitrogens with two attached hydrogens (primary N) is 1. The lowest BCUT2D eigenvalue weighted by atomic mass is 10.0. The van der Waals surface area contributed by atoms with Gasteiger partial charge in [0.15, 0.2) is 11.5 Å². The molecule has 4 heterocycles. The molecule has 0 saturated carbocycles. The fourth-order valence-electron chi connectivity index (χ4n) is 4.77. The molecule has 0 spiro atoms.